The molecule has 7 heteroatoms. The zero-order valence-corrected chi connectivity index (χ0v) is 14.9. The van der Waals surface area contributed by atoms with Crippen molar-refractivity contribution in [3.63, 3.8) is 0 Å². The predicted octanol–water partition coefficient (Wildman–Crippen LogP) is 3.25. The molecule has 2 rings (SSSR count). The van der Waals surface area contributed by atoms with E-state index in [2.05, 4.69) is 0 Å². The fraction of sp³-hybridized carbons (Fsp3) is 0.200. The number of benzene rings is 2. The molecule has 0 aliphatic rings. The van der Waals surface area contributed by atoms with Crippen molar-refractivity contribution in [1.82, 2.24) is 0 Å². The van der Waals surface area contributed by atoms with Gasteiger partial charge in [0.25, 0.3) is 0 Å². The Morgan fingerprint density at radius 1 is 0.593 bits per heavy atom. The molecule has 0 saturated heterocycles. The van der Waals surface area contributed by atoms with Crippen molar-refractivity contribution in [3.8, 4) is 23.0 Å². The van der Waals surface area contributed by atoms with Gasteiger partial charge in [-0.2, -0.15) is 0 Å². The van der Waals surface area contributed by atoms with Gasteiger partial charge in [0.15, 0.2) is 0 Å². The Hall–Kier alpha value is -3.48. The smallest absolute Gasteiger partial charge is 0.318 e. The zero-order chi connectivity index (χ0) is 19.8. The standard InChI is InChI=1S/C20H18O7/c1-13(21)11-19(23)26-17-7-3-15(4-8-17)25-16-5-9-18(10-6-16)27-20(24)12-14(2)22/h3-10H,11-12H2,1-2H3. The van der Waals surface area contributed by atoms with Crippen molar-refractivity contribution in [1.29, 1.82) is 0 Å². The highest BCUT2D eigenvalue weighted by atomic mass is 16.5. The monoisotopic (exact) mass is 370 g/mol. The van der Waals surface area contributed by atoms with Crippen LogP contribution in [0.3, 0.4) is 0 Å². The van der Waals surface area contributed by atoms with E-state index in [0.717, 1.165) is 0 Å². The van der Waals surface area contributed by atoms with Crippen LogP contribution in [0.15, 0.2) is 48.5 Å². The third-order valence-corrected chi connectivity index (χ3v) is 3.13. The van der Waals surface area contributed by atoms with Crippen LogP contribution in [0.2, 0.25) is 0 Å². The summed E-state index contributed by atoms with van der Waals surface area (Å²) in [4.78, 5) is 44.6. The molecule has 0 fully saturated rings. The Kier molecular flexibility index (Phi) is 6.82. The summed E-state index contributed by atoms with van der Waals surface area (Å²) < 4.78 is 15.7. The second-order valence-corrected chi connectivity index (χ2v) is 5.75. The minimum absolute atomic E-state index is 0.268. The lowest BCUT2D eigenvalue weighted by atomic mass is 10.3. The van der Waals surface area contributed by atoms with Crippen LogP contribution < -0.4 is 14.2 Å². The molecule has 0 amide bonds. The summed E-state index contributed by atoms with van der Waals surface area (Å²) in [5.74, 6) is -0.157. The van der Waals surface area contributed by atoms with Crippen LogP contribution in [0.25, 0.3) is 0 Å². The number of carbonyl (C=O) groups excluding carboxylic acids is 4. The third-order valence-electron chi connectivity index (χ3n) is 3.13. The molecule has 27 heavy (non-hydrogen) atoms. The lowest BCUT2D eigenvalue weighted by molar-refractivity contribution is -0.139. The number of hydrogen-bond donors (Lipinski definition) is 0. The van der Waals surface area contributed by atoms with E-state index >= 15 is 0 Å². The molecule has 140 valence electrons. The van der Waals surface area contributed by atoms with Crippen molar-refractivity contribution in [2.75, 3.05) is 0 Å². The molecule has 0 radical (unpaired) electrons. The molecule has 2 aromatic rings. The van der Waals surface area contributed by atoms with E-state index in [1.165, 1.54) is 13.8 Å². The van der Waals surface area contributed by atoms with Crippen LogP contribution in [0, 0.1) is 0 Å². The second-order valence-electron chi connectivity index (χ2n) is 5.75. The van der Waals surface area contributed by atoms with Crippen LogP contribution in [-0.4, -0.2) is 23.5 Å². The van der Waals surface area contributed by atoms with Gasteiger partial charge >= 0.3 is 11.9 Å². The maximum absolute atomic E-state index is 11.4. The maximum Gasteiger partial charge on any atom is 0.318 e. The van der Waals surface area contributed by atoms with Crippen LogP contribution in [0.1, 0.15) is 26.7 Å². The SMILES string of the molecule is CC(=O)CC(=O)Oc1ccc(Oc2ccc(OC(=O)CC(C)=O)cc2)cc1. The number of rotatable bonds is 8. The van der Waals surface area contributed by atoms with E-state index < -0.39 is 11.9 Å². The number of ketones is 2. The first-order valence-corrected chi connectivity index (χ1v) is 8.10. The van der Waals surface area contributed by atoms with Crippen molar-refractivity contribution >= 4 is 23.5 Å². The van der Waals surface area contributed by atoms with E-state index in [4.69, 9.17) is 14.2 Å². The van der Waals surface area contributed by atoms with Gasteiger partial charge in [0.05, 0.1) is 0 Å². The Morgan fingerprint density at radius 3 is 1.19 bits per heavy atom. The summed E-state index contributed by atoms with van der Waals surface area (Å²) in [7, 11) is 0. The lowest BCUT2D eigenvalue weighted by Crippen LogP contribution is -2.11. The van der Waals surface area contributed by atoms with Gasteiger partial charge in [0.1, 0.15) is 47.4 Å². The van der Waals surface area contributed by atoms with Crippen LogP contribution in [0.4, 0.5) is 0 Å². The summed E-state index contributed by atoms with van der Waals surface area (Å²) in [5, 5.41) is 0. The molecular formula is C20H18O7. The summed E-state index contributed by atoms with van der Waals surface area (Å²) in [6.45, 7) is 2.63. The Balaban J connectivity index is 1.91. The topological polar surface area (TPSA) is 96.0 Å². The molecular weight excluding hydrogens is 352 g/mol. The van der Waals surface area contributed by atoms with Gasteiger partial charge in [-0.15, -0.1) is 0 Å². The Morgan fingerprint density at radius 2 is 0.889 bits per heavy atom. The van der Waals surface area contributed by atoms with E-state index in [1.54, 1.807) is 48.5 Å². The number of ether oxygens (including phenoxy) is 3. The molecule has 0 N–H and O–H groups in total. The summed E-state index contributed by atoms with van der Waals surface area (Å²) in [5.41, 5.74) is 0. The quantitative estimate of drug-likeness (QED) is 0.400. The summed E-state index contributed by atoms with van der Waals surface area (Å²) in [6, 6.07) is 12.6. The number of esters is 2. The first-order chi connectivity index (χ1) is 12.8. The number of hydrogen-bond acceptors (Lipinski definition) is 7. The largest absolute Gasteiger partial charge is 0.457 e. The average Bonchev–Trinajstić information content (AvgIpc) is 2.57. The van der Waals surface area contributed by atoms with Crippen LogP contribution >= 0.6 is 0 Å². The third kappa shape index (κ3) is 7.11. The molecule has 0 saturated carbocycles. The van der Waals surface area contributed by atoms with E-state index in [9.17, 15) is 19.2 Å². The number of carbonyl (C=O) groups is 4. The molecule has 0 aliphatic heterocycles. The highest BCUT2D eigenvalue weighted by molar-refractivity contribution is 5.95. The van der Waals surface area contributed by atoms with Gasteiger partial charge < -0.3 is 14.2 Å². The van der Waals surface area contributed by atoms with Gasteiger partial charge in [-0.1, -0.05) is 0 Å². The van der Waals surface area contributed by atoms with Crippen molar-refractivity contribution in [3.05, 3.63) is 48.5 Å². The summed E-state index contributed by atoms with van der Waals surface area (Å²) in [6.07, 6.45) is -0.552. The van der Waals surface area contributed by atoms with Crippen LogP contribution in [0.5, 0.6) is 23.0 Å². The molecule has 0 unspecified atom stereocenters. The first kappa shape index (κ1) is 19.8. The Labute approximate surface area is 155 Å². The predicted molar refractivity (Wildman–Crippen MR) is 94.8 cm³/mol. The van der Waals surface area contributed by atoms with Gasteiger partial charge in [-0.3, -0.25) is 19.2 Å². The van der Waals surface area contributed by atoms with Crippen LogP contribution in [-0.2, 0) is 19.2 Å². The van der Waals surface area contributed by atoms with Gasteiger partial charge in [-0.05, 0) is 62.4 Å². The van der Waals surface area contributed by atoms with E-state index in [1.807, 2.05) is 0 Å². The second kappa shape index (κ2) is 9.28. The zero-order valence-electron chi connectivity index (χ0n) is 14.9. The van der Waals surface area contributed by atoms with Gasteiger partial charge in [-0.25, -0.2) is 0 Å². The first-order valence-electron chi connectivity index (χ1n) is 8.10. The highest BCUT2D eigenvalue weighted by Gasteiger charge is 2.09. The lowest BCUT2D eigenvalue weighted by Gasteiger charge is -2.08. The summed E-state index contributed by atoms with van der Waals surface area (Å²) >= 11 is 0. The Bertz CT molecular complexity index is 764. The minimum Gasteiger partial charge on any atom is -0.457 e. The minimum atomic E-state index is -0.619. The van der Waals surface area contributed by atoms with Crippen molar-refractivity contribution in [2.24, 2.45) is 0 Å². The molecule has 2 aromatic carbocycles. The van der Waals surface area contributed by atoms with Gasteiger partial charge in [0, 0.05) is 0 Å². The molecule has 0 heterocycles. The molecule has 0 aliphatic carbocycles. The average molecular weight is 370 g/mol. The van der Waals surface area contributed by atoms with Gasteiger partial charge in [0.2, 0.25) is 0 Å². The van der Waals surface area contributed by atoms with E-state index in [-0.39, 0.29) is 24.4 Å². The van der Waals surface area contributed by atoms with E-state index in [0.29, 0.717) is 23.0 Å². The van der Waals surface area contributed by atoms with Crippen molar-refractivity contribution < 1.29 is 33.4 Å². The molecule has 0 bridgehead atoms. The molecule has 7 nitrogen and oxygen atoms in total. The molecule has 0 aromatic heterocycles. The maximum atomic E-state index is 11.4. The fourth-order valence-corrected chi connectivity index (χ4v) is 2.03. The number of Topliss-reactive ketones (excluding diaryl/α,β-unsaturated/α-hetero) is 2. The molecule has 0 atom stereocenters. The molecule has 0 spiro atoms. The normalized spacial score (nSPS) is 10.0. The highest BCUT2D eigenvalue weighted by Crippen LogP contribution is 2.26. The fourth-order valence-electron chi connectivity index (χ4n) is 2.03. The van der Waals surface area contributed by atoms with Crippen molar-refractivity contribution in [2.45, 2.75) is 26.7 Å².